The number of amides is 1. The third-order valence-electron chi connectivity index (χ3n) is 2.95. The SMILES string of the molecule is Cl.O=C(NCC1=CCNCC1)C1CCOC1. The summed E-state index contributed by atoms with van der Waals surface area (Å²) in [6.07, 6.45) is 4.07. The summed E-state index contributed by atoms with van der Waals surface area (Å²) in [5, 5.41) is 6.23. The molecule has 0 aromatic rings. The first-order chi connectivity index (χ1) is 7.36. The molecule has 5 heteroatoms. The molecule has 2 N–H and O–H groups in total. The summed E-state index contributed by atoms with van der Waals surface area (Å²) in [6, 6.07) is 0. The van der Waals surface area contributed by atoms with Crippen LogP contribution in [0.2, 0.25) is 0 Å². The van der Waals surface area contributed by atoms with Crippen LogP contribution in [-0.2, 0) is 9.53 Å². The van der Waals surface area contributed by atoms with Gasteiger partial charge in [0.15, 0.2) is 0 Å². The summed E-state index contributed by atoms with van der Waals surface area (Å²) in [5.74, 6) is 0.222. The Morgan fingerprint density at radius 1 is 1.62 bits per heavy atom. The van der Waals surface area contributed by atoms with Crippen LogP contribution in [-0.4, -0.2) is 38.8 Å². The van der Waals surface area contributed by atoms with Gasteiger partial charge in [0.05, 0.1) is 12.5 Å². The maximum absolute atomic E-state index is 11.7. The Bertz CT molecular complexity index is 263. The topological polar surface area (TPSA) is 50.4 Å². The fraction of sp³-hybridized carbons (Fsp3) is 0.727. The van der Waals surface area contributed by atoms with Gasteiger partial charge in [-0.2, -0.15) is 0 Å². The van der Waals surface area contributed by atoms with Crippen molar-refractivity contribution in [1.29, 1.82) is 0 Å². The molecular formula is C11H19ClN2O2. The standard InChI is InChI=1S/C11H18N2O2.ClH/c14-11(10-3-6-15-8-10)13-7-9-1-4-12-5-2-9;/h1,10,12H,2-8H2,(H,13,14);1H. The van der Waals surface area contributed by atoms with E-state index in [1.807, 2.05) is 0 Å². The first kappa shape index (κ1) is 13.5. The summed E-state index contributed by atoms with van der Waals surface area (Å²) in [6.45, 7) is 3.97. The average molecular weight is 247 g/mol. The highest BCUT2D eigenvalue weighted by atomic mass is 35.5. The van der Waals surface area contributed by atoms with Crippen molar-refractivity contribution in [2.75, 3.05) is 32.8 Å². The maximum atomic E-state index is 11.7. The van der Waals surface area contributed by atoms with Crippen molar-refractivity contribution in [3.63, 3.8) is 0 Å². The van der Waals surface area contributed by atoms with E-state index in [0.29, 0.717) is 13.2 Å². The highest BCUT2D eigenvalue weighted by molar-refractivity contribution is 5.85. The minimum absolute atomic E-state index is 0. The summed E-state index contributed by atoms with van der Waals surface area (Å²) < 4.78 is 5.18. The smallest absolute Gasteiger partial charge is 0.225 e. The molecule has 2 aliphatic rings. The number of ether oxygens (including phenoxy) is 1. The molecule has 0 aromatic heterocycles. The van der Waals surface area contributed by atoms with Crippen molar-refractivity contribution in [2.24, 2.45) is 5.92 Å². The van der Waals surface area contributed by atoms with E-state index < -0.39 is 0 Å². The number of hydrogen-bond acceptors (Lipinski definition) is 3. The fourth-order valence-corrected chi connectivity index (χ4v) is 1.92. The van der Waals surface area contributed by atoms with Gasteiger partial charge in [0.2, 0.25) is 5.91 Å². The van der Waals surface area contributed by atoms with Gasteiger partial charge in [0.1, 0.15) is 0 Å². The van der Waals surface area contributed by atoms with Crippen molar-refractivity contribution in [3.05, 3.63) is 11.6 Å². The zero-order valence-electron chi connectivity index (χ0n) is 9.33. The number of rotatable bonds is 3. The number of hydrogen-bond donors (Lipinski definition) is 2. The molecule has 1 fully saturated rings. The van der Waals surface area contributed by atoms with Crippen LogP contribution in [0.5, 0.6) is 0 Å². The van der Waals surface area contributed by atoms with Crippen LogP contribution in [0, 0.1) is 5.92 Å². The van der Waals surface area contributed by atoms with Gasteiger partial charge in [0.25, 0.3) is 0 Å². The Labute approximate surface area is 102 Å². The van der Waals surface area contributed by atoms with Gasteiger partial charge >= 0.3 is 0 Å². The van der Waals surface area contributed by atoms with E-state index in [1.165, 1.54) is 5.57 Å². The lowest BCUT2D eigenvalue weighted by Crippen LogP contribution is -2.34. The molecule has 0 spiro atoms. The van der Waals surface area contributed by atoms with Gasteiger partial charge in [-0.15, -0.1) is 12.4 Å². The van der Waals surface area contributed by atoms with Crippen LogP contribution < -0.4 is 10.6 Å². The van der Waals surface area contributed by atoms with Gasteiger partial charge in [-0.1, -0.05) is 11.6 Å². The van der Waals surface area contributed by atoms with E-state index in [1.54, 1.807) is 0 Å². The molecule has 2 heterocycles. The molecule has 92 valence electrons. The number of carbonyl (C=O) groups excluding carboxylic acids is 1. The summed E-state index contributed by atoms with van der Waals surface area (Å²) in [5.41, 5.74) is 1.33. The Balaban J connectivity index is 0.00000128. The van der Waals surface area contributed by atoms with E-state index in [9.17, 15) is 4.79 Å². The van der Waals surface area contributed by atoms with Crippen molar-refractivity contribution in [1.82, 2.24) is 10.6 Å². The summed E-state index contributed by atoms with van der Waals surface area (Å²) >= 11 is 0. The fourth-order valence-electron chi connectivity index (χ4n) is 1.92. The molecule has 1 unspecified atom stereocenters. The molecule has 1 amide bonds. The van der Waals surface area contributed by atoms with Crippen molar-refractivity contribution in [3.8, 4) is 0 Å². The van der Waals surface area contributed by atoms with Crippen LogP contribution in [0.25, 0.3) is 0 Å². The third-order valence-corrected chi connectivity index (χ3v) is 2.95. The predicted molar refractivity (Wildman–Crippen MR) is 64.8 cm³/mol. The van der Waals surface area contributed by atoms with Gasteiger partial charge in [-0.25, -0.2) is 0 Å². The summed E-state index contributed by atoms with van der Waals surface area (Å²) in [4.78, 5) is 11.7. The molecular weight excluding hydrogens is 228 g/mol. The first-order valence-corrected chi connectivity index (χ1v) is 5.60. The van der Waals surface area contributed by atoms with Gasteiger partial charge in [0, 0.05) is 19.7 Å². The quantitative estimate of drug-likeness (QED) is 0.713. The zero-order valence-corrected chi connectivity index (χ0v) is 10.1. The van der Waals surface area contributed by atoms with E-state index in [-0.39, 0.29) is 24.2 Å². The van der Waals surface area contributed by atoms with Gasteiger partial charge in [-0.05, 0) is 19.4 Å². The minimum Gasteiger partial charge on any atom is -0.381 e. The third kappa shape index (κ3) is 3.77. The van der Waals surface area contributed by atoms with Crippen LogP contribution in [0.15, 0.2) is 11.6 Å². The Morgan fingerprint density at radius 3 is 3.12 bits per heavy atom. The molecule has 0 aliphatic carbocycles. The lowest BCUT2D eigenvalue weighted by Gasteiger charge is -2.15. The predicted octanol–water partition coefficient (Wildman–Crippen LogP) is 0.481. The molecule has 0 bridgehead atoms. The summed E-state index contributed by atoms with van der Waals surface area (Å²) in [7, 11) is 0. The van der Waals surface area contributed by atoms with Crippen LogP contribution >= 0.6 is 12.4 Å². The Kier molecular flexibility index (Phi) is 5.80. The monoisotopic (exact) mass is 246 g/mol. The number of halogens is 1. The molecule has 4 nitrogen and oxygen atoms in total. The molecule has 0 aromatic carbocycles. The molecule has 0 radical (unpaired) electrons. The zero-order chi connectivity index (χ0) is 10.5. The normalized spacial score (nSPS) is 24.5. The molecule has 2 aliphatic heterocycles. The Hall–Kier alpha value is -0.580. The maximum Gasteiger partial charge on any atom is 0.225 e. The second-order valence-electron chi connectivity index (χ2n) is 4.09. The first-order valence-electron chi connectivity index (χ1n) is 5.60. The second-order valence-corrected chi connectivity index (χ2v) is 4.09. The lowest BCUT2D eigenvalue weighted by molar-refractivity contribution is -0.124. The van der Waals surface area contributed by atoms with E-state index in [4.69, 9.17) is 4.74 Å². The van der Waals surface area contributed by atoms with Crippen molar-refractivity contribution in [2.45, 2.75) is 12.8 Å². The van der Waals surface area contributed by atoms with Crippen molar-refractivity contribution < 1.29 is 9.53 Å². The lowest BCUT2D eigenvalue weighted by atomic mass is 10.1. The van der Waals surface area contributed by atoms with Crippen LogP contribution in [0.3, 0.4) is 0 Å². The molecule has 1 atom stereocenters. The molecule has 0 saturated carbocycles. The van der Waals surface area contributed by atoms with Gasteiger partial charge in [-0.3, -0.25) is 4.79 Å². The Morgan fingerprint density at radius 2 is 2.50 bits per heavy atom. The highest BCUT2D eigenvalue weighted by Crippen LogP contribution is 2.12. The second kappa shape index (κ2) is 6.89. The largest absolute Gasteiger partial charge is 0.381 e. The molecule has 1 saturated heterocycles. The van der Waals surface area contributed by atoms with E-state index in [0.717, 1.165) is 32.5 Å². The van der Waals surface area contributed by atoms with E-state index >= 15 is 0 Å². The molecule has 16 heavy (non-hydrogen) atoms. The van der Waals surface area contributed by atoms with Crippen LogP contribution in [0.1, 0.15) is 12.8 Å². The minimum atomic E-state index is 0. The highest BCUT2D eigenvalue weighted by Gasteiger charge is 2.23. The molecule has 2 rings (SSSR count). The van der Waals surface area contributed by atoms with Crippen molar-refractivity contribution >= 4 is 18.3 Å². The number of carbonyl (C=O) groups is 1. The average Bonchev–Trinajstić information content (AvgIpc) is 2.81. The van der Waals surface area contributed by atoms with Crippen LogP contribution in [0.4, 0.5) is 0 Å². The van der Waals surface area contributed by atoms with Gasteiger partial charge < -0.3 is 15.4 Å². The van der Waals surface area contributed by atoms with E-state index in [2.05, 4.69) is 16.7 Å². The number of nitrogens with one attached hydrogen (secondary N) is 2.